The van der Waals surface area contributed by atoms with Gasteiger partial charge in [0.2, 0.25) is 0 Å². The van der Waals surface area contributed by atoms with E-state index >= 15 is 0 Å². The van der Waals surface area contributed by atoms with E-state index in [9.17, 15) is 4.39 Å². The highest BCUT2D eigenvalue weighted by molar-refractivity contribution is 9.10. The molecule has 112 valence electrons. The van der Waals surface area contributed by atoms with Gasteiger partial charge >= 0.3 is 0 Å². The van der Waals surface area contributed by atoms with Crippen LogP contribution in [-0.4, -0.2) is 29.6 Å². The molecule has 0 fully saturated rings. The fourth-order valence-corrected chi connectivity index (χ4v) is 2.00. The second-order valence-electron chi connectivity index (χ2n) is 4.08. The number of benzene rings is 1. The van der Waals surface area contributed by atoms with Crippen molar-refractivity contribution in [2.24, 2.45) is 15.9 Å². The molecule has 1 rings (SSSR count). The molecule has 0 amide bonds. The van der Waals surface area contributed by atoms with Gasteiger partial charge in [0.25, 0.3) is 0 Å². The molecule has 0 heterocycles. The number of halogens is 2. The molecule has 8 heteroatoms. The summed E-state index contributed by atoms with van der Waals surface area (Å²) in [6.07, 6.45) is 0. The summed E-state index contributed by atoms with van der Waals surface area (Å²) in [6, 6.07) is 4.31. The summed E-state index contributed by atoms with van der Waals surface area (Å²) in [4.78, 5) is 5.49. The Balaban J connectivity index is 3.38. The fraction of sp³-hybridized carbons (Fsp3) is 0.154. The number of hydrogen-bond donors (Lipinski definition) is 3. The van der Waals surface area contributed by atoms with E-state index in [1.807, 2.05) is 0 Å². The van der Waals surface area contributed by atoms with Gasteiger partial charge in [-0.2, -0.15) is 0 Å². The van der Waals surface area contributed by atoms with Gasteiger partial charge < -0.3 is 10.9 Å². The van der Waals surface area contributed by atoms with Crippen LogP contribution in [0.25, 0.3) is 0 Å². The average Bonchev–Trinajstić information content (AvgIpc) is 2.45. The van der Waals surface area contributed by atoms with Crippen molar-refractivity contribution in [2.45, 2.75) is 6.92 Å². The summed E-state index contributed by atoms with van der Waals surface area (Å²) >= 11 is 3.10. The predicted octanol–water partition coefficient (Wildman–Crippen LogP) is 2.72. The summed E-state index contributed by atoms with van der Waals surface area (Å²) in [7, 11) is 1.46. The molecule has 0 unspecified atom stereocenters. The normalized spacial score (nSPS) is 12.2. The van der Waals surface area contributed by atoms with E-state index in [0.717, 1.165) is 0 Å². The van der Waals surface area contributed by atoms with Gasteiger partial charge in [0.1, 0.15) is 11.5 Å². The summed E-state index contributed by atoms with van der Waals surface area (Å²) < 4.78 is 13.6. The zero-order valence-electron chi connectivity index (χ0n) is 11.6. The van der Waals surface area contributed by atoms with E-state index in [2.05, 4.69) is 32.7 Å². The van der Waals surface area contributed by atoms with Gasteiger partial charge in [0.15, 0.2) is 11.7 Å². The van der Waals surface area contributed by atoms with Crippen LogP contribution in [0.1, 0.15) is 6.92 Å². The van der Waals surface area contributed by atoms with E-state index < -0.39 is 5.82 Å². The number of oxime groups is 1. The molecule has 0 aliphatic rings. The number of aliphatic imine (C=N–C) groups is 1. The quantitative estimate of drug-likeness (QED) is 0.335. The van der Waals surface area contributed by atoms with Crippen molar-refractivity contribution in [2.75, 3.05) is 11.9 Å². The van der Waals surface area contributed by atoms with Crippen LogP contribution < -0.4 is 10.6 Å². The number of amidine groups is 2. The largest absolute Gasteiger partial charge is 0.409 e. The molecule has 1 aromatic carbocycles. The van der Waals surface area contributed by atoms with Crippen molar-refractivity contribution < 1.29 is 9.60 Å². The molecule has 6 nitrogen and oxygen atoms in total. The SMILES string of the molecule is C=C(C)N(/C(=N\C)C(=N)/C(N)=N\O)c1ccc(F)c(Br)c1. The standard InChI is InChI=1S/C13H15BrFN5O/c1-7(2)20(8-4-5-10(15)9(14)6-8)13(18-3)11(16)12(17)19-21/h4-6,16,21H,1H2,2-3H3,(H2,17,19)/b16-11?,18-13-. The van der Waals surface area contributed by atoms with Crippen molar-refractivity contribution in [1.29, 1.82) is 5.41 Å². The molecule has 0 saturated carbocycles. The maximum absolute atomic E-state index is 13.4. The van der Waals surface area contributed by atoms with Crippen molar-refractivity contribution in [1.82, 2.24) is 0 Å². The van der Waals surface area contributed by atoms with E-state index in [1.54, 1.807) is 6.92 Å². The highest BCUT2D eigenvalue weighted by Crippen LogP contribution is 2.26. The highest BCUT2D eigenvalue weighted by Gasteiger charge is 2.22. The molecule has 0 aliphatic carbocycles. The van der Waals surface area contributed by atoms with Crippen LogP contribution in [0.5, 0.6) is 0 Å². The van der Waals surface area contributed by atoms with E-state index in [0.29, 0.717) is 11.4 Å². The van der Waals surface area contributed by atoms with Crippen LogP contribution in [-0.2, 0) is 0 Å². The lowest BCUT2D eigenvalue weighted by Crippen LogP contribution is -2.41. The molecular formula is C13H15BrFN5O. The van der Waals surface area contributed by atoms with Gasteiger partial charge in [-0.1, -0.05) is 11.7 Å². The molecule has 0 saturated heterocycles. The number of nitrogens with two attached hydrogens (primary N) is 1. The Morgan fingerprint density at radius 3 is 2.57 bits per heavy atom. The van der Waals surface area contributed by atoms with E-state index in [4.69, 9.17) is 16.4 Å². The third-order valence-corrected chi connectivity index (χ3v) is 3.16. The molecule has 1 aromatic rings. The Bertz CT molecular complexity index is 641. The summed E-state index contributed by atoms with van der Waals surface area (Å²) in [5.74, 6) is -0.679. The van der Waals surface area contributed by atoms with E-state index in [-0.39, 0.29) is 21.9 Å². The Kier molecular flexibility index (Phi) is 5.60. The third kappa shape index (κ3) is 3.66. The number of nitrogens with one attached hydrogen (secondary N) is 1. The minimum Gasteiger partial charge on any atom is -0.409 e. The average molecular weight is 356 g/mol. The Morgan fingerprint density at radius 2 is 2.14 bits per heavy atom. The number of rotatable bonds is 4. The van der Waals surface area contributed by atoms with Gasteiger partial charge in [0.05, 0.1) is 4.47 Å². The number of anilines is 1. The maximum atomic E-state index is 13.4. The lowest BCUT2D eigenvalue weighted by atomic mass is 10.2. The lowest BCUT2D eigenvalue weighted by Gasteiger charge is -2.26. The van der Waals surface area contributed by atoms with Crippen molar-refractivity contribution in [3.05, 3.63) is 40.8 Å². The van der Waals surface area contributed by atoms with Crippen LogP contribution in [0.2, 0.25) is 0 Å². The van der Waals surface area contributed by atoms with Gasteiger partial charge in [-0.15, -0.1) is 0 Å². The monoisotopic (exact) mass is 355 g/mol. The van der Waals surface area contributed by atoms with Crippen LogP contribution in [0, 0.1) is 11.2 Å². The van der Waals surface area contributed by atoms with Crippen molar-refractivity contribution in [3.8, 4) is 0 Å². The number of nitrogens with zero attached hydrogens (tertiary/aromatic N) is 3. The Hall–Kier alpha value is -2.22. The van der Waals surface area contributed by atoms with Gasteiger partial charge in [-0.05, 0) is 41.1 Å². The van der Waals surface area contributed by atoms with Crippen molar-refractivity contribution in [3.63, 3.8) is 0 Å². The van der Waals surface area contributed by atoms with Crippen LogP contribution >= 0.6 is 15.9 Å². The molecule has 0 radical (unpaired) electrons. The topological polar surface area (TPSA) is 98.1 Å². The number of allylic oxidation sites excluding steroid dienone is 1. The zero-order valence-corrected chi connectivity index (χ0v) is 13.1. The van der Waals surface area contributed by atoms with E-state index in [1.165, 1.54) is 30.1 Å². The predicted molar refractivity (Wildman–Crippen MR) is 85.9 cm³/mol. The highest BCUT2D eigenvalue weighted by atomic mass is 79.9. The minimum atomic E-state index is -0.415. The third-order valence-electron chi connectivity index (χ3n) is 2.55. The summed E-state index contributed by atoms with van der Waals surface area (Å²) in [6.45, 7) is 5.51. The summed E-state index contributed by atoms with van der Waals surface area (Å²) in [5.41, 5.74) is 6.22. The fourth-order valence-electron chi connectivity index (χ4n) is 1.64. The van der Waals surface area contributed by atoms with Crippen LogP contribution in [0.3, 0.4) is 0 Å². The first-order valence-electron chi connectivity index (χ1n) is 5.77. The lowest BCUT2D eigenvalue weighted by molar-refractivity contribution is 0.319. The molecule has 4 N–H and O–H groups in total. The van der Waals surface area contributed by atoms with Crippen LogP contribution in [0.15, 0.2) is 45.1 Å². The van der Waals surface area contributed by atoms with Gasteiger partial charge in [-0.3, -0.25) is 15.3 Å². The first kappa shape index (κ1) is 16.8. The minimum absolute atomic E-state index is 0.122. The molecular weight excluding hydrogens is 341 g/mol. The first-order valence-corrected chi connectivity index (χ1v) is 6.57. The molecule has 0 aliphatic heterocycles. The maximum Gasteiger partial charge on any atom is 0.191 e. The molecule has 0 aromatic heterocycles. The molecule has 0 atom stereocenters. The number of hydrogen-bond acceptors (Lipinski definition) is 4. The second kappa shape index (κ2) is 6.98. The second-order valence-corrected chi connectivity index (χ2v) is 4.93. The Labute approximate surface area is 130 Å². The van der Waals surface area contributed by atoms with Gasteiger partial charge in [0, 0.05) is 18.4 Å². The van der Waals surface area contributed by atoms with Gasteiger partial charge in [-0.25, -0.2) is 4.39 Å². The zero-order chi connectivity index (χ0) is 16.2. The molecule has 0 spiro atoms. The molecule has 21 heavy (non-hydrogen) atoms. The smallest absolute Gasteiger partial charge is 0.191 e. The van der Waals surface area contributed by atoms with Crippen LogP contribution in [0.4, 0.5) is 10.1 Å². The molecule has 0 bridgehead atoms. The Morgan fingerprint density at radius 1 is 1.52 bits per heavy atom. The van der Waals surface area contributed by atoms with Crippen molar-refractivity contribution >= 4 is 39.0 Å². The summed E-state index contributed by atoms with van der Waals surface area (Å²) in [5, 5.41) is 19.4. The first-order chi connectivity index (χ1) is 9.83.